The zero-order chi connectivity index (χ0) is 28.0. The number of nitrogens with one attached hydrogen (secondary N) is 1. The summed E-state index contributed by atoms with van der Waals surface area (Å²) in [5.74, 6) is -7.05. The number of hydrogen-bond acceptors (Lipinski definition) is 9. The van der Waals surface area contributed by atoms with Gasteiger partial charge in [-0.15, -0.1) is 0 Å². The number of alkyl halides is 3. The lowest BCUT2D eigenvalue weighted by Crippen LogP contribution is -2.40. The van der Waals surface area contributed by atoms with Crippen LogP contribution in [0.25, 0.3) is 22.9 Å². The normalized spacial score (nSPS) is 12.0. The van der Waals surface area contributed by atoms with E-state index in [1.54, 1.807) is 0 Å². The van der Waals surface area contributed by atoms with Crippen molar-refractivity contribution in [3.63, 3.8) is 0 Å². The summed E-state index contributed by atoms with van der Waals surface area (Å²) in [6.07, 6.45) is -2.94. The van der Waals surface area contributed by atoms with Crippen LogP contribution >= 0.6 is 0 Å². The van der Waals surface area contributed by atoms with Crippen LogP contribution in [0.5, 0.6) is 5.75 Å². The van der Waals surface area contributed by atoms with Crippen LogP contribution in [0.4, 0.5) is 27.8 Å². The molecule has 0 bridgehead atoms. The number of aliphatic hydroxyl groups excluding tert-OH is 1. The van der Waals surface area contributed by atoms with E-state index in [0.717, 1.165) is 13.2 Å². The van der Waals surface area contributed by atoms with Crippen LogP contribution in [0.3, 0.4) is 0 Å². The van der Waals surface area contributed by atoms with E-state index in [1.807, 2.05) is 0 Å². The fourth-order valence-electron chi connectivity index (χ4n) is 3.21. The van der Waals surface area contributed by atoms with E-state index in [0.29, 0.717) is 17.6 Å². The number of aromatic hydroxyl groups is 1. The molecule has 4 aromatic rings. The molecule has 0 saturated heterocycles. The maximum Gasteiger partial charge on any atom is 0.402 e. The zero-order valence-electron chi connectivity index (χ0n) is 19.4. The monoisotopic (exact) mass is 541 g/mol. The largest absolute Gasteiger partial charge is 0.508 e. The summed E-state index contributed by atoms with van der Waals surface area (Å²) in [4.78, 5) is 18.9. The van der Waals surface area contributed by atoms with E-state index < -0.39 is 42.0 Å². The molecule has 16 heteroatoms. The first-order chi connectivity index (χ1) is 18.0. The number of nitrogens with two attached hydrogens (primary N) is 1. The van der Waals surface area contributed by atoms with Crippen molar-refractivity contribution >= 4 is 11.7 Å². The number of hydrogen-bond donors (Lipinski definition) is 4. The predicted molar refractivity (Wildman–Crippen MR) is 121 cm³/mol. The van der Waals surface area contributed by atoms with Gasteiger partial charge < -0.3 is 25.8 Å². The van der Waals surface area contributed by atoms with Crippen molar-refractivity contribution in [3.8, 4) is 28.7 Å². The summed E-state index contributed by atoms with van der Waals surface area (Å²) in [5.41, 5.74) is 5.66. The van der Waals surface area contributed by atoms with E-state index in [-0.39, 0.29) is 29.4 Å². The highest BCUT2D eigenvalue weighted by Gasteiger charge is 2.43. The van der Waals surface area contributed by atoms with Crippen LogP contribution in [-0.4, -0.2) is 60.9 Å². The van der Waals surface area contributed by atoms with Gasteiger partial charge >= 0.3 is 6.18 Å². The third-order valence-corrected chi connectivity index (χ3v) is 5.02. The Bertz CT molecular complexity index is 1390. The molecule has 0 saturated carbocycles. The fourth-order valence-corrected chi connectivity index (χ4v) is 3.21. The Morgan fingerprint density at radius 3 is 2.50 bits per heavy atom. The number of amides is 1. The average molecular weight is 541 g/mol. The third-order valence-electron chi connectivity index (χ3n) is 5.02. The Balaban J connectivity index is 0.00000195. The van der Waals surface area contributed by atoms with Crippen molar-refractivity contribution in [1.29, 1.82) is 0 Å². The molecule has 0 aliphatic heterocycles. The number of carbonyl (C=O) groups excluding carboxylic acids is 1. The van der Waals surface area contributed by atoms with Crippen molar-refractivity contribution in [2.45, 2.75) is 12.7 Å². The molecule has 0 fully saturated rings. The number of phenols is 1. The number of phenolic OH excluding ortho intramolecular Hbond substituents is 1. The van der Waals surface area contributed by atoms with E-state index in [9.17, 15) is 31.9 Å². The second kappa shape index (κ2) is 11.6. The lowest BCUT2D eigenvalue weighted by molar-refractivity contribution is -0.177. The van der Waals surface area contributed by atoms with Gasteiger partial charge in [0.25, 0.3) is 0 Å². The highest BCUT2D eigenvalue weighted by molar-refractivity contribution is 5.78. The third kappa shape index (κ3) is 6.39. The van der Waals surface area contributed by atoms with Gasteiger partial charge in [0.05, 0.1) is 18.4 Å². The first kappa shape index (κ1) is 28.0. The Labute approximate surface area is 210 Å². The molecule has 3 aromatic heterocycles. The minimum absolute atomic E-state index is 0.0532. The molecule has 1 unspecified atom stereocenters. The topological polar surface area (TPSA) is 165 Å². The molecule has 11 nitrogen and oxygen atoms in total. The molecule has 3 heterocycles. The number of anilines is 1. The van der Waals surface area contributed by atoms with Crippen molar-refractivity contribution in [3.05, 3.63) is 60.0 Å². The van der Waals surface area contributed by atoms with Gasteiger partial charge in [0.15, 0.2) is 23.4 Å². The van der Waals surface area contributed by atoms with Crippen LogP contribution < -0.4 is 11.1 Å². The Kier molecular flexibility index (Phi) is 8.57. The van der Waals surface area contributed by atoms with E-state index >= 15 is 0 Å². The van der Waals surface area contributed by atoms with Gasteiger partial charge in [-0.05, 0) is 12.1 Å². The maximum absolute atomic E-state index is 14.3. The number of rotatable bonds is 8. The summed E-state index contributed by atoms with van der Waals surface area (Å²) < 4.78 is 73.7. The zero-order valence-corrected chi connectivity index (χ0v) is 19.4. The van der Waals surface area contributed by atoms with E-state index in [2.05, 4.69) is 25.5 Å². The quantitative estimate of drug-likeness (QED) is 0.245. The summed E-state index contributed by atoms with van der Waals surface area (Å²) >= 11 is 0. The second-order valence-electron chi connectivity index (χ2n) is 7.50. The van der Waals surface area contributed by atoms with Crippen molar-refractivity contribution in [1.82, 2.24) is 24.9 Å². The average Bonchev–Trinajstić information content (AvgIpc) is 3.52. The number of nitrogens with zero attached hydrogens (tertiary/aromatic N) is 5. The molecule has 1 aromatic carbocycles. The number of primary amides is 1. The molecule has 202 valence electrons. The summed E-state index contributed by atoms with van der Waals surface area (Å²) in [6.45, 7) is -1.17. The standard InChI is InChI=1S/C21H16F5N7O3.CH4O/c22-13-5-11(34)2-1-10(13)9-33-17(15-3-4-36-32-15)6-16(31-33)20-29-8-14(23)19(30-20)28-7-12(18(27)35)21(24,25)26;1-2/h1-6,8,12,34H,7,9H2,(H2,27,35)(H,28,29,30);2H,1H3. The molecular weight excluding hydrogens is 521 g/mol. The number of benzene rings is 1. The number of aliphatic hydroxyl groups is 1. The molecule has 4 rings (SSSR count). The van der Waals surface area contributed by atoms with Crippen LogP contribution in [0.15, 0.2) is 47.3 Å². The highest BCUT2D eigenvalue weighted by atomic mass is 19.4. The van der Waals surface area contributed by atoms with E-state index in [4.69, 9.17) is 15.4 Å². The van der Waals surface area contributed by atoms with Crippen molar-refractivity contribution in [2.75, 3.05) is 19.0 Å². The minimum Gasteiger partial charge on any atom is -0.508 e. The first-order valence-corrected chi connectivity index (χ1v) is 10.6. The predicted octanol–water partition coefficient (Wildman–Crippen LogP) is 2.71. The van der Waals surface area contributed by atoms with Crippen molar-refractivity contribution < 1.29 is 41.5 Å². The molecule has 0 spiro atoms. The molecule has 0 aliphatic rings. The van der Waals surface area contributed by atoms with Gasteiger partial charge in [-0.2, -0.15) is 18.3 Å². The maximum atomic E-state index is 14.3. The number of carbonyl (C=O) groups is 1. The van der Waals surface area contributed by atoms with Gasteiger partial charge in [-0.3, -0.25) is 9.48 Å². The second-order valence-corrected chi connectivity index (χ2v) is 7.50. The number of halogens is 5. The van der Waals surface area contributed by atoms with Crippen LogP contribution in [0.1, 0.15) is 5.56 Å². The van der Waals surface area contributed by atoms with Gasteiger partial charge in [0, 0.05) is 31.4 Å². The SMILES string of the molecule is CO.NC(=O)C(CNc1nc(-c2cc(-c3ccon3)n(Cc3ccc(O)cc3F)n2)ncc1F)C(F)(F)F. The first-order valence-electron chi connectivity index (χ1n) is 10.6. The van der Waals surface area contributed by atoms with Crippen LogP contribution in [0, 0.1) is 17.6 Å². The van der Waals surface area contributed by atoms with Gasteiger partial charge in [0.2, 0.25) is 5.91 Å². The molecule has 0 radical (unpaired) electrons. The molecule has 5 N–H and O–H groups in total. The molecule has 38 heavy (non-hydrogen) atoms. The van der Waals surface area contributed by atoms with Gasteiger partial charge in [0.1, 0.15) is 29.2 Å². The molecule has 1 atom stereocenters. The van der Waals surface area contributed by atoms with Crippen LogP contribution in [-0.2, 0) is 11.3 Å². The fraction of sp³-hybridized carbons (Fsp3) is 0.227. The van der Waals surface area contributed by atoms with E-state index in [1.165, 1.54) is 35.2 Å². The summed E-state index contributed by atoms with van der Waals surface area (Å²) in [5, 5.41) is 26.7. The highest BCUT2D eigenvalue weighted by Crippen LogP contribution is 2.28. The minimum atomic E-state index is -4.94. The summed E-state index contributed by atoms with van der Waals surface area (Å²) in [6, 6.07) is 6.51. The lowest BCUT2D eigenvalue weighted by atomic mass is 10.1. The Morgan fingerprint density at radius 1 is 1.16 bits per heavy atom. The van der Waals surface area contributed by atoms with Crippen LogP contribution in [0.2, 0.25) is 0 Å². The smallest absolute Gasteiger partial charge is 0.402 e. The molecular formula is C22H20F5N7O4. The lowest BCUT2D eigenvalue weighted by Gasteiger charge is -2.17. The molecule has 0 aliphatic carbocycles. The summed E-state index contributed by atoms with van der Waals surface area (Å²) in [7, 11) is 1.00. The Hall–Kier alpha value is -4.60. The van der Waals surface area contributed by atoms with Gasteiger partial charge in [-0.25, -0.2) is 18.7 Å². The van der Waals surface area contributed by atoms with Crippen molar-refractivity contribution in [2.24, 2.45) is 11.7 Å². The Morgan fingerprint density at radius 2 is 1.89 bits per heavy atom. The molecule has 1 amide bonds. The number of aromatic nitrogens is 5. The van der Waals surface area contributed by atoms with Gasteiger partial charge in [-0.1, -0.05) is 11.2 Å².